The fraction of sp³-hybridized carbons (Fsp3) is 0.333. The van der Waals surface area contributed by atoms with Crippen molar-refractivity contribution in [3.8, 4) is 6.07 Å². The number of aromatic nitrogens is 2. The molecule has 0 saturated heterocycles. The molecule has 2 aromatic rings. The zero-order valence-corrected chi connectivity index (χ0v) is 12.8. The number of hydrogen-bond donors (Lipinski definition) is 0. The smallest absolute Gasteiger partial charge is 0.145 e. The van der Waals surface area contributed by atoms with Crippen molar-refractivity contribution >= 4 is 17.4 Å². The molecule has 0 amide bonds. The molecule has 0 aliphatic heterocycles. The highest BCUT2D eigenvalue weighted by atomic mass is 35.5. The fourth-order valence-electron chi connectivity index (χ4n) is 2.33. The standard InChI is InChI=1S/C15H17ClN4/c1-10-14(9-17)15(20(4)18-10)19(3)11(2)12-5-7-13(16)8-6-12/h5-8,11H,1-4H3. The molecular weight excluding hydrogens is 272 g/mol. The van der Waals surface area contributed by atoms with Crippen LogP contribution in [0, 0.1) is 18.3 Å². The molecule has 0 fully saturated rings. The van der Waals surface area contributed by atoms with Gasteiger partial charge in [-0.05, 0) is 31.5 Å². The maximum absolute atomic E-state index is 9.30. The Morgan fingerprint density at radius 2 is 1.95 bits per heavy atom. The average molecular weight is 289 g/mol. The molecule has 0 saturated carbocycles. The number of halogens is 1. The van der Waals surface area contributed by atoms with E-state index in [4.69, 9.17) is 11.6 Å². The van der Waals surface area contributed by atoms with Crippen LogP contribution < -0.4 is 4.90 Å². The summed E-state index contributed by atoms with van der Waals surface area (Å²) in [4.78, 5) is 2.06. The van der Waals surface area contributed by atoms with Crippen molar-refractivity contribution in [1.82, 2.24) is 9.78 Å². The van der Waals surface area contributed by atoms with E-state index in [1.54, 1.807) is 4.68 Å². The molecule has 0 radical (unpaired) electrons. The number of nitriles is 1. The Kier molecular flexibility index (Phi) is 4.01. The van der Waals surface area contributed by atoms with Crippen molar-refractivity contribution in [2.24, 2.45) is 7.05 Å². The molecule has 1 heterocycles. The number of hydrogen-bond acceptors (Lipinski definition) is 3. The first-order valence-corrected chi connectivity index (χ1v) is 6.75. The van der Waals surface area contributed by atoms with Crippen molar-refractivity contribution in [2.45, 2.75) is 19.9 Å². The van der Waals surface area contributed by atoms with E-state index < -0.39 is 0 Å². The van der Waals surface area contributed by atoms with E-state index in [9.17, 15) is 5.26 Å². The molecule has 0 aliphatic rings. The van der Waals surface area contributed by atoms with Gasteiger partial charge in [-0.25, -0.2) is 0 Å². The molecule has 1 unspecified atom stereocenters. The predicted octanol–water partition coefficient (Wildman–Crippen LogP) is 3.45. The highest BCUT2D eigenvalue weighted by Crippen LogP contribution is 2.29. The van der Waals surface area contributed by atoms with Crippen LogP contribution in [0.3, 0.4) is 0 Å². The summed E-state index contributed by atoms with van der Waals surface area (Å²) in [7, 11) is 3.82. The monoisotopic (exact) mass is 288 g/mol. The first kappa shape index (κ1) is 14.4. The third kappa shape index (κ3) is 2.50. The van der Waals surface area contributed by atoms with Crippen LogP contribution in [0.5, 0.6) is 0 Å². The van der Waals surface area contributed by atoms with Crippen molar-refractivity contribution in [3.05, 3.63) is 46.1 Å². The average Bonchev–Trinajstić information content (AvgIpc) is 2.72. The summed E-state index contributed by atoms with van der Waals surface area (Å²) < 4.78 is 1.75. The molecule has 0 aliphatic carbocycles. The van der Waals surface area contributed by atoms with Gasteiger partial charge >= 0.3 is 0 Å². The highest BCUT2D eigenvalue weighted by molar-refractivity contribution is 6.30. The van der Waals surface area contributed by atoms with E-state index in [2.05, 4.69) is 23.0 Å². The minimum Gasteiger partial charge on any atom is -0.352 e. The maximum Gasteiger partial charge on any atom is 0.145 e. The Bertz CT molecular complexity index is 652. The Balaban J connectivity index is 2.39. The molecule has 20 heavy (non-hydrogen) atoms. The summed E-state index contributed by atoms with van der Waals surface area (Å²) >= 11 is 5.92. The van der Waals surface area contributed by atoms with E-state index in [0.29, 0.717) is 5.56 Å². The normalized spacial score (nSPS) is 12.0. The van der Waals surface area contributed by atoms with Crippen LogP contribution in [0.4, 0.5) is 5.82 Å². The predicted molar refractivity (Wildman–Crippen MR) is 80.9 cm³/mol. The van der Waals surface area contributed by atoms with Crippen LogP contribution in [0.1, 0.15) is 29.8 Å². The Hall–Kier alpha value is -1.99. The van der Waals surface area contributed by atoms with Gasteiger partial charge in [-0.2, -0.15) is 10.4 Å². The summed E-state index contributed by atoms with van der Waals surface area (Å²) in [6.07, 6.45) is 0. The SMILES string of the molecule is Cc1nn(C)c(N(C)C(C)c2ccc(Cl)cc2)c1C#N. The second kappa shape index (κ2) is 5.56. The number of anilines is 1. The van der Waals surface area contributed by atoms with Crippen LogP contribution in [0.2, 0.25) is 5.02 Å². The fourth-order valence-corrected chi connectivity index (χ4v) is 2.46. The first-order valence-electron chi connectivity index (χ1n) is 6.37. The molecule has 2 rings (SSSR count). The van der Waals surface area contributed by atoms with E-state index in [-0.39, 0.29) is 6.04 Å². The lowest BCUT2D eigenvalue weighted by Gasteiger charge is -2.27. The Morgan fingerprint density at radius 3 is 2.50 bits per heavy atom. The van der Waals surface area contributed by atoms with Crippen molar-refractivity contribution in [2.75, 3.05) is 11.9 Å². The number of benzene rings is 1. The summed E-state index contributed by atoms with van der Waals surface area (Å²) in [5.74, 6) is 0.826. The van der Waals surface area contributed by atoms with Gasteiger partial charge in [0.2, 0.25) is 0 Å². The summed E-state index contributed by atoms with van der Waals surface area (Å²) in [5, 5.41) is 14.3. The molecule has 1 aromatic heterocycles. The lowest BCUT2D eigenvalue weighted by Crippen LogP contribution is -2.24. The van der Waals surface area contributed by atoms with Gasteiger partial charge < -0.3 is 4.90 Å². The quantitative estimate of drug-likeness (QED) is 0.869. The van der Waals surface area contributed by atoms with Gasteiger partial charge in [-0.15, -0.1) is 0 Å². The van der Waals surface area contributed by atoms with E-state index in [1.807, 2.05) is 45.3 Å². The third-order valence-electron chi connectivity index (χ3n) is 3.57. The van der Waals surface area contributed by atoms with Gasteiger partial charge in [-0.3, -0.25) is 4.68 Å². The van der Waals surface area contributed by atoms with Gasteiger partial charge in [0.1, 0.15) is 17.5 Å². The molecule has 5 heteroatoms. The zero-order valence-electron chi connectivity index (χ0n) is 12.1. The molecule has 1 atom stereocenters. The Morgan fingerprint density at radius 1 is 1.35 bits per heavy atom. The minimum absolute atomic E-state index is 0.120. The van der Waals surface area contributed by atoms with Crippen molar-refractivity contribution in [1.29, 1.82) is 5.26 Å². The molecule has 0 bridgehead atoms. The topological polar surface area (TPSA) is 44.9 Å². The van der Waals surface area contributed by atoms with Gasteiger partial charge in [-0.1, -0.05) is 23.7 Å². The number of aryl methyl sites for hydroxylation is 2. The summed E-state index contributed by atoms with van der Waals surface area (Å²) in [6.45, 7) is 3.94. The second-order valence-electron chi connectivity index (χ2n) is 4.86. The number of nitrogens with zero attached hydrogens (tertiary/aromatic N) is 4. The zero-order chi connectivity index (χ0) is 14.9. The molecule has 0 spiro atoms. The highest BCUT2D eigenvalue weighted by Gasteiger charge is 2.21. The van der Waals surface area contributed by atoms with Crippen LogP contribution >= 0.6 is 11.6 Å². The number of rotatable bonds is 3. The van der Waals surface area contributed by atoms with Crippen LogP contribution in [0.15, 0.2) is 24.3 Å². The molecule has 1 aromatic carbocycles. The largest absolute Gasteiger partial charge is 0.352 e. The molecule has 0 N–H and O–H groups in total. The lowest BCUT2D eigenvalue weighted by molar-refractivity contribution is 0.672. The molecule has 4 nitrogen and oxygen atoms in total. The van der Waals surface area contributed by atoms with Gasteiger partial charge in [0, 0.05) is 19.1 Å². The van der Waals surface area contributed by atoms with E-state index in [1.165, 1.54) is 0 Å². The van der Waals surface area contributed by atoms with Crippen LogP contribution in [-0.4, -0.2) is 16.8 Å². The Labute approximate surface area is 124 Å². The van der Waals surface area contributed by atoms with Gasteiger partial charge in [0.15, 0.2) is 0 Å². The van der Waals surface area contributed by atoms with Gasteiger partial charge in [0.05, 0.1) is 11.7 Å². The van der Waals surface area contributed by atoms with E-state index in [0.717, 1.165) is 22.1 Å². The minimum atomic E-state index is 0.120. The summed E-state index contributed by atoms with van der Waals surface area (Å²) in [5.41, 5.74) is 2.51. The van der Waals surface area contributed by atoms with Crippen LogP contribution in [0.25, 0.3) is 0 Å². The van der Waals surface area contributed by atoms with Crippen molar-refractivity contribution in [3.63, 3.8) is 0 Å². The van der Waals surface area contributed by atoms with E-state index >= 15 is 0 Å². The maximum atomic E-state index is 9.30. The van der Waals surface area contributed by atoms with Crippen molar-refractivity contribution < 1.29 is 0 Å². The third-order valence-corrected chi connectivity index (χ3v) is 3.82. The van der Waals surface area contributed by atoms with Crippen LogP contribution in [-0.2, 0) is 7.05 Å². The molecule has 104 valence electrons. The first-order chi connectivity index (χ1) is 9.45. The lowest BCUT2D eigenvalue weighted by atomic mass is 10.1. The second-order valence-corrected chi connectivity index (χ2v) is 5.29. The summed E-state index contributed by atoms with van der Waals surface area (Å²) in [6, 6.07) is 10.1. The molecular formula is C15H17ClN4. The van der Waals surface area contributed by atoms with Gasteiger partial charge in [0.25, 0.3) is 0 Å².